The number of thiazole rings is 1. The van der Waals surface area contributed by atoms with E-state index in [-0.39, 0.29) is 120 Å². The number of aryl methyl sites for hydroxylation is 1. The van der Waals surface area contributed by atoms with Gasteiger partial charge in [-0.25, -0.2) is 24.4 Å². The number of amides is 6. The van der Waals surface area contributed by atoms with Crippen LogP contribution < -0.4 is 15.5 Å². The first-order chi connectivity index (χ1) is 69.6. The number of hydrogen-bond acceptors (Lipinski definition) is 34. The molecular weight excluding hydrogens is 1930 g/mol. The van der Waals surface area contributed by atoms with Crippen LogP contribution in [-0.2, 0) is 149 Å². The summed E-state index contributed by atoms with van der Waals surface area (Å²) in [6.45, 7) is 18.2. The third-order valence-corrected chi connectivity index (χ3v) is 27.9. The number of pyridine rings is 1. The highest BCUT2D eigenvalue weighted by Crippen LogP contribution is 2.56. The molecule has 2 saturated carbocycles. The summed E-state index contributed by atoms with van der Waals surface area (Å²) in [7, 11) is -3.04. The van der Waals surface area contributed by atoms with Crippen LogP contribution in [-0.4, -0.2) is 372 Å². The number of aromatic carboxylic acids is 1. The van der Waals surface area contributed by atoms with Crippen molar-refractivity contribution >= 4 is 102 Å². The maximum atomic E-state index is 14.5. The summed E-state index contributed by atoms with van der Waals surface area (Å²) in [5.74, 6) is -8.30. The van der Waals surface area contributed by atoms with Gasteiger partial charge in [0.1, 0.15) is 43.1 Å². The van der Waals surface area contributed by atoms with Gasteiger partial charge in [-0.2, -0.15) is 13.5 Å². The van der Waals surface area contributed by atoms with E-state index >= 15 is 0 Å². The number of ether oxygens (including phenoxy) is 14. The largest absolute Gasteiger partial charge is 0.479 e. The average Bonchev–Trinajstić information content (AvgIpc) is 1.36. The third-order valence-electron chi connectivity index (χ3n) is 26.2. The summed E-state index contributed by atoms with van der Waals surface area (Å²) in [4.78, 5) is 149. The molecule has 4 unspecified atom stereocenters. The Bertz CT molecular complexity index is 5380. The van der Waals surface area contributed by atoms with Gasteiger partial charge in [-0.1, -0.05) is 81.5 Å². The van der Waals surface area contributed by atoms with Crippen LogP contribution in [0, 0.1) is 36.0 Å². The molecule has 11 rings (SSSR count). The van der Waals surface area contributed by atoms with E-state index in [4.69, 9.17) is 76.4 Å². The topological polar surface area (TPSA) is 536 Å². The number of nitrogens with zero attached hydrogens (tertiary/aromatic N) is 8. The number of carbonyl (C=O) groups is 10. The van der Waals surface area contributed by atoms with Crippen molar-refractivity contribution in [2.24, 2.45) is 29.1 Å². The predicted octanol–water partition coefficient (Wildman–Crippen LogP) is 6.57. The number of carboxylic acid groups (broad SMARTS) is 2. The van der Waals surface area contributed by atoms with Gasteiger partial charge in [0.05, 0.1) is 185 Å². The predicted molar refractivity (Wildman–Crippen MR) is 527 cm³/mol. The zero-order valence-corrected chi connectivity index (χ0v) is 85.2. The standard InChI is InChI=1S/C101H140N10O32S2/c1-66(2)78(55-75(112)24-26-107(88(116)63-110-86(114)21-22-87(110)115)27-30-131-34-35-133-38-39-135-42-43-137-46-47-139-50-51-140-49-48-138-45-44-136-41-40-134-37-36-132-33-32-130-7)95(121)103-68(4)82(113)54-70-15-16-74(73(53-70)17-19-83-90(117)91(118)92(119)93(143-83)97(124)125)64-141-99(126)108(29-52-145(127,128)129)28-31-142-101-57-67(3)56-100(6,65-101)58-71(59-101)61-111-69(5)79(60-102-111)76-18-20-85(105-89(76)96(122)123)109-25-23-72-11-10-12-77(80(72)62-109)94(120)106-98-104-81-13-8-9-14-84(81)144-98/h8-16,18,20-22,53,60,66-68,71,78,83,90-93,117-119H,17,19,23-52,54-59,61-65H2,1-7H3,(H,103,121)(H,122,123)(H,124,125)(H,104,106,120)(H,127,128,129)/t67?,68-,71?,78-,83-,90-,91+,92-,93-,100?,101?/m0/s1. The summed E-state index contributed by atoms with van der Waals surface area (Å²) in [5.41, 5.74) is 4.70. The van der Waals surface area contributed by atoms with Crippen LogP contribution in [0.15, 0.2) is 91.1 Å². The number of aliphatic hydroxyl groups is 3. The number of carbonyl (C=O) groups excluding carboxylic acids is 8. The zero-order valence-electron chi connectivity index (χ0n) is 83.5. The highest BCUT2D eigenvalue weighted by atomic mass is 32.2. The number of nitrogens with one attached hydrogen (secondary N) is 2. The molecule has 44 heteroatoms. The van der Waals surface area contributed by atoms with E-state index in [2.05, 4.69) is 29.5 Å². The first-order valence-electron chi connectivity index (χ1n) is 49.3. The molecule has 5 aliphatic rings. The molecule has 6 heterocycles. The van der Waals surface area contributed by atoms with Crippen LogP contribution in [0.2, 0.25) is 0 Å². The lowest BCUT2D eigenvalue weighted by Gasteiger charge is -2.55. The van der Waals surface area contributed by atoms with E-state index in [1.165, 1.54) is 23.2 Å². The molecule has 6 amide bonds. The lowest BCUT2D eigenvalue weighted by Crippen LogP contribution is -2.59. The van der Waals surface area contributed by atoms with Gasteiger partial charge >= 0.3 is 18.0 Å². The van der Waals surface area contributed by atoms with Crippen molar-refractivity contribution in [1.82, 2.24) is 39.8 Å². The Kier molecular flexibility index (Phi) is 45.6. The number of benzene rings is 3. The molecule has 3 aromatic carbocycles. The van der Waals surface area contributed by atoms with Crippen molar-refractivity contribution in [3.05, 3.63) is 136 Å². The van der Waals surface area contributed by atoms with Gasteiger partial charge in [0.2, 0.25) is 11.8 Å². The molecule has 0 spiro atoms. The van der Waals surface area contributed by atoms with Crippen molar-refractivity contribution in [3.63, 3.8) is 0 Å². The van der Waals surface area contributed by atoms with Gasteiger partial charge in [0.15, 0.2) is 22.7 Å². The molecule has 3 aliphatic heterocycles. The van der Waals surface area contributed by atoms with Crippen molar-refractivity contribution in [1.29, 1.82) is 0 Å². The van der Waals surface area contributed by atoms with Gasteiger partial charge in [0.25, 0.3) is 27.8 Å². The van der Waals surface area contributed by atoms with Crippen LogP contribution in [0.25, 0.3) is 21.3 Å². The van der Waals surface area contributed by atoms with E-state index in [1.807, 2.05) is 52.9 Å². The Hall–Kier alpha value is -10.2. The first kappa shape index (κ1) is 115. The summed E-state index contributed by atoms with van der Waals surface area (Å²) in [6.07, 6.45) is -3.19. The second-order valence-electron chi connectivity index (χ2n) is 37.7. The Morgan fingerprint density at radius 3 is 1.88 bits per heavy atom. The minimum atomic E-state index is -4.66. The number of anilines is 2. The Morgan fingerprint density at radius 2 is 1.28 bits per heavy atom. The van der Waals surface area contributed by atoms with Gasteiger partial charge in [-0.05, 0) is 147 Å². The molecule has 8 N–H and O–H groups in total. The monoisotopic (exact) mass is 2070 g/mol. The number of aliphatic hydroxyl groups excluding tert-OH is 3. The third kappa shape index (κ3) is 35.5. The normalized spacial score (nSPS) is 20.3. The number of fused-ring (bicyclic) bond motifs is 4. The molecular formula is C101H140N10O32S2. The minimum absolute atomic E-state index is 0.00876. The van der Waals surface area contributed by atoms with Crippen LogP contribution in [0.1, 0.15) is 140 Å². The molecule has 0 radical (unpaired) electrons. The van der Waals surface area contributed by atoms with Crippen LogP contribution >= 0.6 is 11.3 Å². The highest BCUT2D eigenvalue weighted by molar-refractivity contribution is 7.85. The maximum Gasteiger partial charge on any atom is 0.410 e. The number of para-hydroxylation sites is 1. The zero-order chi connectivity index (χ0) is 104. The Balaban J connectivity index is 0.641. The van der Waals surface area contributed by atoms with Gasteiger partial charge in [0, 0.05) is 113 Å². The fourth-order valence-electron chi connectivity index (χ4n) is 19.2. The molecule has 11 atom stereocenters. The number of imide groups is 1. The number of ketones is 2. The molecule has 1 saturated heterocycles. The quantitative estimate of drug-likeness (QED) is 0.0114. The van der Waals surface area contributed by atoms with E-state index < -0.39 is 143 Å². The number of aliphatic carboxylic acids is 1. The molecule has 6 aromatic rings. The fraction of sp³-hybridized carbons (Fsp3) is 0.614. The van der Waals surface area contributed by atoms with Gasteiger partial charge in [-0.3, -0.25) is 53.0 Å². The minimum Gasteiger partial charge on any atom is -0.479 e. The molecule has 145 heavy (non-hydrogen) atoms. The van der Waals surface area contributed by atoms with Crippen molar-refractivity contribution in [2.75, 3.05) is 208 Å². The highest BCUT2D eigenvalue weighted by Gasteiger charge is 2.52. The van der Waals surface area contributed by atoms with Crippen molar-refractivity contribution in [2.45, 2.75) is 174 Å². The van der Waals surface area contributed by atoms with Crippen LogP contribution in [0.4, 0.5) is 15.7 Å². The SMILES string of the molecule is COCCOCCOCCOCCOCCOCCOCCOCCOCCOCCOCCN(CCC(=O)C[C@H](C(=O)N[C@@H](C)C(=O)Cc1ccc(COC(=O)N(CCOC23CC(C)CC(C)(CC(Cn4ncc(-c5ccc(N6CCc7cccc(C(=O)Nc8nc9ccccc9s8)c7C6)nc5C(=O)O)c4C)C2)C3)CCS(=O)(=O)O)c(CC[C@@H]2O[C@H](C(=O)O)[C@@H](O)[C@H](O)[C@H]2O)c1)C(C)C)C(=O)CN1C(=O)C=CC1=O. The van der Waals surface area contributed by atoms with Gasteiger partial charge in [-0.15, -0.1) is 0 Å². The number of methoxy groups -OCH3 is 1. The smallest absolute Gasteiger partial charge is 0.410 e. The average molecular weight is 2070 g/mol. The summed E-state index contributed by atoms with van der Waals surface area (Å²) in [6, 6.07) is 20.3. The van der Waals surface area contributed by atoms with Crippen LogP contribution in [0.3, 0.4) is 0 Å². The number of carboxylic acids is 2. The van der Waals surface area contributed by atoms with E-state index in [1.54, 1.807) is 63.6 Å². The summed E-state index contributed by atoms with van der Waals surface area (Å²) < 4.78 is 116. The first-order valence-corrected chi connectivity index (χ1v) is 51.8. The number of rotatable bonds is 66. The van der Waals surface area contributed by atoms with E-state index in [0.29, 0.717) is 201 Å². The summed E-state index contributed by atoms with van der Waals surface area (Å²) in [5, 5.41) is 64.2. The maximum absolute atomic E-state index is 14.5. The molecule has 2 bridgehead atoms. The number of hydrogen-bond donors (Lipinski definition) is 8. The fourth-order valence-corrected chi connectivity index (χ4v) is 20.5. The molecule has 2 aliphatic carbocycles. The Morgan fingerprint density at radius 1 is 0.669 bits per heavy atom. The van der Waals surface area contributed by atoms with Crippen LogP contribution in [0.5, 0.6) is 0 Å². The van der Waals surface area contributed by atoms with E-state index in [0.717, 1.165) is 56.1 Å². The lowest BCUT2D eigenvalue weighted by molar-refractivity contribution is -0.228. The van der Waals surface area contributed by atoms with Gasteiger partial charge < -0.3 is 112 Å². The second kappa shape index (κ2) is 57.4. The number of aromatic nitrogens is 4. The number of Topliss-reactive ketones (excluding diaryl/α,β-unsaturated/α-hetero) is 2. The van der Waals surface area contributed by atoms with E-state index in [9.17, 15) is 86.4 Å². The molecule has 3 aromatic heterocycles. The summed E-state index contributed by atoms with van der Waals surface area (Å²) >= 11 is 1.38. The second-order valence-corrected chi connectivity index (χ2v) is 40.3. The van der Waals surface area contributed by atoms with Crippen molar-refractivity contribution in [3.8, 4) is 11.1 Å². The van der Waals surface area contributed by atoms with Crippen molar-refractivity contribution < 1.29 is 153 Å². The Labute approximate surface area is 847 Å². The molecule has 798 valence electrons. The molecule has 42 nitrogen and oxygen atoms in total. The molecule has 3 fully saturated rings. The lowest BCUT2D eigenvalue weighted by atomic mass is 9.55.